The number of ether oxygens (including phenoxy) is 3. The van der Waals surface area contributed by atoms with Gasteiger partial charge in [-0.05, 0) is 53.1 Å². The second-order valence-electron chi connectivity index (χ2n) is 11.5. The minimum atomic E-state index is -0.609. The number of nitrogens with one attached hydrogen (secondary N) is 2. The Morgan fingerprint density at radius 2 is 1.59 bits per heavy atom. The fraction of sp³-hybridized carbons (Fsp3) is 0.846. The van der Waals surface area contributed by atoms with Crippen molar-refractivity contribution in [1.82, 2.24) is 29.8 Å². The molecule has 0 spiro atoms. The first-order valence-electron chi connectivity index (χ1n) is 14.0. The van der Waals surface area contributed by atoms with Crippen molar-refractivity contribution in [3.63, 3.8) is 0 Å². The van der Waals surface area contributed by atoms with E-state index in [1.54, 1.807) is 25.7 Å². The van der Waals surface area contributed by atoms with E-state index < -0.39 is 11.7 Å². The number of esters is 1. The lowest BCUT2D eigenvalue weighted by Crippen LogP contribution is -2.54. The van der Waals surface area contributed by atoms with Crippen LogP contribution in [0, 0.1) is 5.41 Å². The summed E-state index contributed by atoms with van der Waals surface area (Å²) in [5.41, 5.74) is -0.605. The fourth-order valence-electron chi connectivity index (χ4n) is 5.23. The third-order valence-electron chi connectivity index (χ3n) is 7.47. The molecule has 3 aliphatic heterocycles. The molecule has 0 radical (unpaired) electrons. The number of carbonyl (C=O) groups excluding carboxylic acids is 3. The Morgan fingerprint density at radius 3 is 2.18 bits per heavy atom. The zero-order chi connectivity index (χ0) is 28.6. The number of amides is 2. The molecule has 3 heterocycles. The number of rotatable bonds is 9. The maximum absolute atomic E-state index is 12.4. The molecule has 0 aliphatic carbocycles. The van der Waals surface area contributed by atoms with Crippen LogP contribution in [0.25, 0.3) is 0 Å². The van der Waals surface area contributed by atoms with Crippen LogP contribution in [0.3, 0.4) is 0 Å². The standard InChI is InChI=1S/C26H47N7O6/c1-26(2,3)39-24(35)28-23(27)33-18-14-30(15-19-33)10-6-8-20-22(38-25(36)29(20)4)32-16-12-31(13-17-32)11-7-9-21(34)37-5/h20,22H,6-19H2,1-5H3,(H2,27,28,35). The van der Waals surface area contributed by atoms with Crippen LogP contribution in [0.2, 0.25) is 0 Å². The topological polar surface area (TPSA) is 131 Å². The Morgan fingerprint density at radius 1 is 1.00 bits per heavy atom. The molecule has 3 rings (SSSR count). The fourth-order valence-corrected chi connectivity index (χ4v) is 5.23. The number of hydrogen-bond acceptors (Lipinski definition) is 10. The maximum atomic E-state index is 12.4. The van der Waals surface area contributed by atoms with Crippen molar-refractivity contribution in [2.45, 2.75) is 64.3 Å². The monoisotopic (exact) mass is 553 g/mol. The van der Waals surface area contributed by atoms with Gasteiger partial charge < -0.3 is 28.9 Å². The van der Waals surface area contributed by atoms with Gasteiger partial charge in [0.15, 0.2) is 6.23 Å². The van der Waals surface area contributed by atoms with Gasteiger partial charge in [-0.25, -0.2) is 9.59 Å². The maximum Gasteiger partial charge on any atom is 0.414 e. The number of piperazine rings is 2. The molecule has 3 fully saturated rings. The summed E-state index contributed by atoms with van der Waals surface area (Å²) in [7, 11) is 3.23. The molecule has 0 saturated carbocycles. The highest BCUT2D eigenvalue weighted by molar-refractivity contribution is 5.92. The van der Waals surface area contributed by atoms with Crippen molar-refractivity contribution in [2.24, 2.45) is 0 Å². The van der Waals surface area contributed by atoms with Crippen molar-refractivity contribution in [2.75, 3.05) is 79.6 Å². The van der Waals surface area contributed by atoms with Gasteiger partial charge in [-0.15, -0.1) is 0 Å². The van der Waals surface area contributed by atoms with E-state index in [-0.39, 0.29) is 30.3 Å². The lowest BCUT2D eigenvalue weighted by Gasteiger charge is -2.39. The van der Waals surface area contributed by atoms with E-state index in [1.807, 2.05) is 11.9 Å². The summed E-state index contributed by atoms with van der Waals surface area (Å²) in [5.74, 6) is -0.104. The van der Waals surface area contributed by atoms with Gasteiger partial charge in [0.2, 0.25) is 5.96 Å². The number of guanidine groups is 1. The molecular formula is C26H47N7O6. The van der Waals surface area contributed by atoms with Crippen molar-refractivity contribution < 1.29 is 28.6 Å². The zero-order valence-corrected chi connectivity index (χ0v) is 24.2. The third kappa shape index (κ3) is 9.50. The number of nitrogens with zero attached hydrogens (tertiary/aromatic N) is 5. The summed E-state index contributed by atoms with van der Waals surface area (Å²) >= 11 is 0. The van der Waals surface area contributed by atoms with Crippen molar-refractivity contribution in [1.29, 1.82) is 5.41 Å². The molecule has 3 aliphatic rings. The van der Waals surface area contributed by atoms with E-state index in [0.29, 0.717) is 19.5 Å². The third-order valence-corrected chi connectivity index (χ3v) is 7.47. The molecule has 0 aromatic carbocycles. The summed E-state index contributed by atoms with van der Waals surface area (Å²) in [6.07, 6.45) is 1.88. The smallest absolute Gasteiger partial charge is 0.414 e. The van der Waals surface area contributed by atoms with Gasteiger partial charge in [0.05, 0.1) is 13.2 Å². The van der Waals surface area contributed by atoms with E-state index in [9.17, 15) is 14.4 Å². The summed E-state index contributed by atoms with van der Waals surface area (Å²) in [6, 6.07) is 0.0101. The Kier molecular flexibility index (Phi) is 11.2. The van der Waals surface area contributed by atoms with Crippen LogP contribution in [0.15, 0.2) is 0 Å². The Labute approximate surface area is 232 Å². The predicted octanol–water partition coefficient (Wildman–Crippen LogP) is 1.19. The average Bonchev–Trinajstić information content (AvgIpc) is 3.16. The molecule has 2 unspecified atom stereocenters. The lowest BCUT2D eigenvalue weighted by atomic mass is 10.1. The number of methoxy groups -OCH3 is 1. The normalized spacial score (nSPS) is 23.5. The number of hydrogen-bond donors (Lipinski definition) is 2. The molecule has 3 saturated heterocycles. The molecule has 0 aromatic heterocycles. The second kappa shape index (κ2) is 14.1. The van der Waals surface area contributed by atoms with Gasteiger partial charge in [0.1, 0.15) is 5.60 Å². The van der Waals surface area contributed by atoms with E-state index >= 15 is 0 Å². The van der Waals surface area contributed by atoms with Crippen LogP contribution < -0.4 is 5.32 Å². The second-order valence-corrected chi connectivity index (χ2v) is 11.5. The van der Waals surface area contributed by atoms with Crippen LogP contribution in [0.5, 0.6) is 0 Å². The molecule has 0 aromatic rings. The minimum absolute atomic E-state index is 0.0101. The van der Waals surface area contributed by atoms with E-state index in [4.69, 9.17) is 19.6 Å². The molecule has 222 valence electrons. The molecule has 2 atom stereocenters. The molecule has 2 N–H and O–H groups in total. The molecule has 2 amide bonds. The largest absolute Gasteiger partial charge is 0.469 e. The van der Waals surface area contributed by atoms with Gasteiger partial charge in [-0.1, -0.05) is 0 Å². The van der Waals surface area contributed by atoms with Crippen LogP contribution in [0.4, 0.5) is 9.59 Å². The number of cyclic esters (lactones) is 1. The zero-order valence-electron chi connectivity index (χ0n) is 24.2. The first-order valence-corrected chi connectivity index (χ1v) is 14.0. The first kappa shape index (κ1) is 30.9. The van der Waals surface area contributed by atoms with E-state index in [0.717, 1.165) is 71.6 Å². The van der Waals surface area contributed by atoms with Crippen molar-refractivity contribution in [3.05, 3.63) is 0 Å². The summed E-state index contributed by atoms with van der Waals surface area (Å²) < 4.78 is 15.7. The van der Waals surface area contributed by atoms with Gasteiger partial charge in [0.25, 0.3) is 0 Å². The van der Waals surface area contributed by atoms with Crippen LogP contribution >= 0.6 is 0 Å². The van der Waals surface area contributed by atoms with Crippen molar-refractivity contribution >= 4 is 24.1 Å². The number of carbonyl (C=O) groups is 3. The molecule has 0 bridgehead atoms. The van der Waals surface area contributed by atoms with Gasteiger partial charge in [0, 0.05) is 65.8 Å². The van der Waals surface area contributed by atoms with E-state index in [1.165, 1.54) is 7.11 Å². The Hall–Kier alpha value is -2.64. The Bertz CT molecular complexity index is 850. The number of alkyl carbamates (subject to hydrolysis) is 1. The highest BCUT2D eigenvalue weighted by Crippen LogP contribution is 2.26. The summed E-state index contributed by atoms with van der Waals surface area (Å²) in [5, 5.41) is 10.7. The van der Waals surface area contributed by atoms with Gasteiger partial charge >= 0.3 is 18.2 Å². The quantitative estimate of drug-likeness (QED) is 0.186. The van der Waals surface area contributed by atoms with Crippen LogP contribution in [-0.4, -0.2) is 146 Å². The van der Waals surface area contributed by atoms with Crippen LogP contribution in [-0.2, 0) is 19.0 Å². The summed E-state index contributed by atoms with van der Waals surface area (Å²) in [4.78, 5) is 46.3. The summed E-state index contributed by atoms with van der Waals surface area (Å²) in [6.45, 7) is 13.5. The average molecular weight is 554 g/mol. The highest BCUT2D eigenvalue weighted by atomic mass is 16.6. The number of likely N-dealkylation sites (N-methyl/N-ethyl adjacent to an activating group) is 1. The highest BCUT2D eigenvalue weighted by Gasteiger charge is 2.43. The van der Waals surface area contributed by atoms with E-state index in [2.05, 4.69) is 20.0 Å². The lowest BCUT2D eigenvalue weighted by molar-refractivity contribution is -0.140. The molecule has 13 heteroatoms. The van der Waals surface area contributed by atoms with Crippen LogP contribution in [0.1, 0.15) is 46.5 Å². The van der Waals surface area contributed by atoms with Gasteiger partial charge in [-0.3, -0.25) is 25.3 Å². The molecule has 13 nitrogen and oxygen atoms in total. The predicted molar refractivity (Wildman–Crippen MR) is 145 cm³/mol. The van der Waals surface area contributed by atoms with Gasteiger partial charge in [-0.2, -0.15) is 0 Å². The SMILES string of the molecule is COC(=O)CCCN1CCN(C2OC(=O)N(C)C2CCCN2CCN(C(=N)NC(=O)OC(C)(C)C)CC2)CC1. The molecular weight excluding hydrogens is 506 g/mol. The van der Waals surface area contributed by atoms with Crippen molar-refractivity contribution in [3.8, 4) is 0 Å². The Balaban J connectivity index is 1.37. The molecule has 39 heavy (non-hydrogen) atoms. The first-order chi connectivity index (χ1) is 18.5. The minimum Gasteiger partial charge on any atom is -0.469 e.